The van der Waals surface area contributed by atoms with Gasteiger partial charge in [0, 0.05) is 19.3 Å². The molecule has 92 valence electrons. The Morgan fingerprint density at radius 2 is 2.00 bits per heavy atom. The lowest BCUT2D eigenvalue weighted by molar-refractivity contribution is 0.0578. The standard InChI is InChI=1S/C13H17NO3/c14-12(9-5-7-17-8-6-9)10-3-1-2-4-11(10)13(15)16/h1-4,9,12H,5-8,14H2,(H,15,16)/t12-/m1/s1. The van der Waals surface area contributed by atoms with Gasteiger partial charge in [-0.2, -0.15) is 0 Å². The molecule has 1 atom stereocenters. The van der Waals surface area contributed by atoms with Crippen molar-refractivity contribution in [2.75, 3.05) is 13.2 Å². The van der Waals surface area contributed by atoms with Gasteiger partial charge in [0.25, 0.3) is 0 Å². The Balaban J connectivity index is 2.23. The lowest BCUT2D eigenvalue weighted by atomic mass is 9.86. The Labute approximate surface area is 100 Å². The smallest absolute Gasteiger partial charge is 0.336 e. The van der Waals surface area contributed by atoms with Gasteiger partial charge in [0.1, 0.15) is 0 Å². The Hall–Kier alpha value is -1.39. The molecule has 0 radical (unpaired) electrons. The summed E-state index contributed by atoms with van der Waals surface area (Å²) >= 11 is 0. The van der Waals surface area contributed by atoms with Crippen LogP contribution in [0.5, 0.6) is 0 Å². The summed E-state index contributed by atoms with van der Waals surface area (Å²) in [7, 11) is 0. The van der Waals surface area contributed by atoms with E-state index in [9.17, 15) is 4.79 Å². The predicted octanol–water partition coefficient (Wildman–Crippen LogP) is 1.81. The van der Waals surface area contributed by atoms with Gasteiger partial charge in [-0.3, -0.25) is 0 Å². The molecule has 3 N–H and O–H groups in total. The molecule has 0 spiro atoms. The van der Waals surface area contributed by atoms with Crippen LogP contribution in [0.3, 0.4) is 0 Å². The minimum atomic E-state index is -0.914. The highest BCUT2D eigenvalue weighted by atomic mass is 16.5. The molecule has 1 aliphatic heterocycles. The average molecular weight is 235 g/mol. The zero-order chi connectivity index (χ0) is 12.3. The highest BCUT2D eigenvalue weighted by Crippen LogP contribution is 2.29. The number of benzene rings is 1. The second-order valence-electron chi connectivity index (χ2n) is 4.37. The van der Waals surface area contributed by atoms with Gasteiger partial charge < -0.3 is 15.6 Å². The molecule has 2 rings (SSSR count). The van der Waals surface area contributed by atoms with Gasteiger partial charge >= 0.3 is 5.97 Å². The maximum Gasteiger partial charge on any atom is 0.336 e. The van der Waals surface area contributed by atoms with E-state index in [1.807, 2.05) is 12.1 Å². The minimum absolute atomic E-state index is 0.216. The van der Waals surface area contributed by atoms with Crippen LogP contribution >= 0.6 is 0 Å². The number of carboxylic acid groups (broad SMARTS) is 1. The maximum atomic E-state index is 11.1. The number of carbonyl (C=O) groups is 1. The molecule has 4 nitrogen and oxygen atoms in total. The molecule has 0 bridgehead atoms. The fraction of sp³-hybridized carbons (Fsp3) is 0.462. The Bertz CT molecular complexity index is 399. The third kappa shape index (κ3) is 2.65. The van der Waals surface area contributed by atoms with Crippen LogP contribution in [0.1, 0.15) is 34.8 Å². The van der Waals surface area contributed by atoms with Crippen molar-refractivity contribution < 1.29 is 14.6 Å². The molecule has 1 aliphatic rings. The molecule has 1 aromatic rings. The number of ether oxygens (including phenoxy) is 1. The molecule has 1 heterocycles. The fourth-order valence-electron chi connectivity index (χ4n) is 2.31. The van der Waals surface area contributed by atoms with Gasteiger partial charge in [0.05, 0.1) is 5.56 Å². The maximum absolute atomic E-state index is 11.1. The summed E-state index contributed by atoms with van der Waals surface area (Å²) in [6, 6.07) is 6.76. The molecular formula is C13H17NO3. The van der Waals surface area contributed by atoms with E-state index in [1.165, 1.54) is 0 Å². The van der Waals surface area contributed by atoms with Crippen molar-refractivity contribution in [2.45, 2.75) is 18.9 Å². The first-order valence-electron chi connectivity index (χ1n) is 5.85. The summed E-state index contributed by atoms with van der Waals surface area (Å²) in [6.45, 7) is 1.43. The number of carboxylic acids is 1. The molecule has 0 amide bonds. The van der Waals surface area contributed by atoms with E-state index >= 15 is 0 Å². The topological polar surface area (TPSA) is 72.6 Å². The fourth-order valence-corrected chi connectivity index (χ4v) is 2.31. The van der Waals surface area contributed by atoms with E-state index in [0.717, 1.165) is 18.4 Å². The van der Waals surface area contributed by atoms with Gasteiger partial charge in [0.2, 0.25) is 0 Å². The molecule has 17 heavy (non-hydrogen) atoms. The summed E-state index contributed by atoms with van der Waals surface area (Å²) in [5.74, 6) is -0.604. The van der Waals surface area contributed by atoms with E-state index in [4.69, 9.17) is 15.6 Å². The number of nitrogens with two attached hydrogens (primary N) is 1. The van der Waals surface area contributed by atoms with Crippen LogP contribution in [0.2, 0.25) is 0 Å². The molecular weight excluding hydrogens is 218 g/mol. The van der Waals surface area contributed by atoms with Crippen molar-refractivity contribution in [3.05, 3.63) is 35.4 Å². The van der Waals surface area contributed by atoms with Gasteiger partial charge in [-0.25, -0.2) is 4.79 Å². The van der Waals surface area contributed by atoms with Crippen molar-refractivity contribution in [3.63, 3.8) is 0 Å². The van der Waals surface area contributed by atoms with Crippen molar-refractivity contribution in [1.29, 1.82) is 0 Å². The second-order valence-corrected chi connectivity index (χ2v) is 4.37. The minimum Gasteiger partial charge on any atom is -0.478 e. The SMILES string of the molecule is N[C@@H](c1ccccc1C(=O)O)C1CCOCC1. The Kier molecular flexibility index (Phi) is 3.76. The molecule has 1 aromatic carbocycles. The molecule has 4 heteroatoms. The monoisotopic (exact) mass is 235 g/mol. The van der Waals surface area contributed by atoms with Gasteiger partial charge in [-0.15, -0.1) is 0 Å². The molecule has 0 aliphatic carbocycles. The van der Waals surface area contributed by atoms with Crippen LogP contribution in [-0.2, 0) is 4.74 Å². The lowest BCUT2D eigenvalue weighted by Crippen LogP contribution is -2.28. The zero-order valence-electron chi connectivity index (χ0n) is 9.63. The van der Waals surface area contributed by atoms with Crippen molar-refractivity contribution in [1.82, 2.24) is 0 Å². The molecule has 0 saturated carbocycles. The highest BCUT2D eigenvalue weighted by molar-refractivity contribution is 5.89. The van der Waals surface area contributed by atoms with Crippen LogP contribution in [0.15, 0.2) is 24.3 Å². The first kappa shape index (κ1) is 12.1. The van der Waals surface area contributed by atoms with Crippen molar-refractivity contribution in [3.8, 4) is 0 Å². The van der Waals surface area contributed by atoms with Crippen LogP contribution in [-0.4, -0.2) is 24.3 Å². The van der Waals surface area contributed by atoms with E-state index in [2.05, 4.69) is 0 Å². The quantitative estimate of drug-likeness (QED) is 0.838. The first-order chi connectivity index (χ1) is 8.20. The Morgan fingerprint density at radius 3 is 2.65 bits per heavy atom. The van der Waals surface area contributed by atoms with Crippen molar-refractivity contribution >= 4 is 5.97 Å². The van der Waals surface area contributed by atoms with Crippen LogP contribution in [0.4, 0.5) is 0 Å². The molecule has 1 saturated heterocycles. The van der Waals surface area contributed by atoms with Gasteiger partial charge in [-0.05, 0) is 30.4 Å². The average Bonchev–Trinajstić information content (AvgIpc) is 2.39. The van der Waals surface area contributed by atoms with E-state index in [0.29, 0.717) is 24.7 Å². The molecule has 0 aromatic heterocycles. The highest BCUT2D eigenvalue weighted by Gasteiger charge is 2.25. The third-order valence-electron chi connectivity index (χ3n) is 3.32. The van der Waals surface area contributed by atoms with E-state index < -0.39 is 5.97 Å². The lowest BCUT2D eigenvalue weighted by Gasteiger charge is -2.28. The van der Waals surface area contributed by atoms with Crippen molar-refractivity contribution in [2.24, 2.45) is 11.7 Å². The van der Waals surface area contributed by atoms with E-state index in [1.54, 1.807) is 12.1 Å². The third-order valence-corrected chi connectivity index (χ3v) is 3.32. The largest absolute Gasteiger partial charge is 0.478 e. The summed E-state index contributed by atoms with van der Waals surface area (Å²) < 4.78 is 5.29. The zero-order valence-corrected chi connectivity index (χ0v) is 9.63. The summed E-state index contributed by atoms with van der Waals surface area (Å²) in [4.78, 5) is 11.1. The van der Waals surface area contributed by atoms with Gasteiger partial charge in [0.15, 0.2) is 0 Å². The summed E-state index contributed by atoms with van der Waals surface area (Å²) in [5.41, 5.74) is 7.23. The summed E-state index contributed by atoms with van der Waals surface area (Å²) in [6.07, 6.45) is 1.80. The molecule has 1 fully saturated rings. The summed E-state index contributed by atoms with van der Waals surface area (Å²) in [5, 5.41) is 9.13. The number of rotatable bonds is 3. The predicted molar refractivity (Wildman–Crippen MR) is 63.9 cm³/mol. The number of hydrogen-bond donors (Lipinski definition) is 2. The second kappa shape index (κ2) is 5.29. The normalized spacial score (nSPS) is 18.9. The van der Waals surface area contributed by atoms with Crippen LogP contribution < -0.4 is 5.73 Å². The van der Waals surface area contributed by atoms with Crippen LogP contribution in [0, 0.1) is 5.92 Å². The van der Waals surface area contributed by atoms with Gasteiger partial charge in [-0.1, -0.05) is 18.2 Å². The first-order valence-corrected chi connectivity index (χ1v) is 5.85. The van der Waals surface area contributed by atoms with Crippen LogP contribution in [0.25, 0.3) is 0 Å². The van der Waals surface area contributed by atoms with E-state index in [-0.39, 0.29) is 6.04 Å². The Morgan fingerprint density at radius 1 is 1.35 bits per heavy atom. The number of hydrogen-bond acceptors (Lipinski definition) is 3. The number of aromatic carboxylic acids is 1. The molecule has 0 unspecified atom stereocenters.